The van der Waals surface area contributed by atoms with E-state index in [1.807, 2.05) is 36.4 Å². The van der Waals surface area contributed by atoms with E-state index in [0.717, 1.165) is 28.4 Å². The standard InChI is InChI=1S/C30H31N3O6S2/c1-3-38-30(37)26-20-13-14-33(16-19-9-5-4-6-10-19)17-24(20)41-29(26)32-27(35)18(2)39-25(34)15-23-28(36)31-21-11-7-8-12-22(21)40-23/h4-12,18,23H,3,13-17H2,1-2H3,(H,31,36)(H,32,35)/t18-,23+/m0/s1. The lowest BCUT2D eigenvalue weighted by Crippen LogP contribution is -2.34. The van der Waals surface area contributed by atoms with Crippen molar-refractivity contribution < 1.29 is 28.7 Å². The Morgan fingerprint density at radius 2 is 1.88 bits per heavy atom. The van der Waals surface area contributed by atoms with Crippen LogP contribution in [0.3, 0.4) is 0 Å². The van der Waals surface area contributed by atoms with Gasteiger partial charge in [0.15, 0.2) is 6.10 Å². The van der Waals surface area contributed by atoms with Crippen molar-refractivity contribution in [2.75, 3.05) is 23.8 Å². The van der Waals surface area contributed by atoms with Gasteiger partial charge in [0.25, 0.3) is 5.91 Å². The number of hydrogen-bond acceptors (Lipinski definition) is 9. The maximum atomic E-state index is 13.1. The Labute approximate surface area is 246 Å². The van der Waals surface area contributed by atoms with E-state index in [2.05, 4.69) is 27.7 Å². The molecule has 2 aliphatic heterocycles. The van der Waals surface area contributed by atoms with E-state index in [0.29, 0.717) is 29.2 Å². The molecular formula is C30H31N3O6S2. The van der Waals surface area contributed by atoms with Crippen LogP contribution in [-0.4, -0.2) is 53.2 Å². The highest BCUT2D eigenvalue weighted by Crippen LogP contribution is 2.39. The molecule has 2 aliphatic rings. The third-order valence-corrected chi connectivity index (χ3v) is 9.24. The predicted molar refractivity (Wildman–Crippen MR) is 158 cm³/mol. The molecule has 41 heavy (non-hydrogen) atoms. The minimum absolute atomic E-state index is 0.179. The summed E-state index contributed by atoms with van der Waals surface area (Å²) in [6.45, 7) is 5.61. The van der Waals surface area contributed by atoms with Crippen molar-refractivity contribution in [1.29, 1.82) is 0 Å². The van der Waals surface area contributed by atoms with Gasteiger partial charge in [-0.25, -0.2) is 4.79 Å². The van der Waals surface area contributed by atoms with Gasteiger partial charge < -0.3 is 20.1 Å². The van der Waals surface area contributed by atoms with Gasteiger partial charge in [-0.15, -0.1) is 23.1 Å². The molecule has 1 aromatic heterocycles. The lowest BCUT2D eigenvalue weighted by molar-refractivity contribution is -0.153. The van der Waals surface area contributed by atoms with Gasteiger partial charge in [0.2, 0.25) is 5.91 Å². The van der Waals surface area contributed by atoms with E-state index in [1.165, 1.54) is 35.6 Å². The zero-order valence-corrected chi connectivity index (χ0v) is 24.4. The number of anilines is 2. The summed E-state index contributed by atoms with van der Waals surface area (Å²) >= 11 is 2.64. The zero-order chi connectivity index (χ0) is 28.9. The van der Waals surface area contributed by atoms with Crippen LogP contribution in [0.2, 0.25) is 0 Å². The number of hydrogen-bond donors (Lipinski definition) is 2. The number of carbonyl (C=O) groups excluding carboxylic acids is 4. The predicted octanol–water partition coefficient (Wildman–Crippen LogP) is 4.86. The monoisotopic (exact) mass is 593 g/mol. The van der Waals surface area contributed by atoms with Gasteiger partial charge >= 0.3 is 11.9 Å². The lowest BCUT2D eigenvalue weighted by atomic mass is 10.0. The number of para-hydroxylation sites is 1. The van der Waals surface area contributed by atoms with Crippen molar-refractivity contribution in [3.63, 3.8) is 0 Å². The Balaban J connectivity index is 1.24. The molecule has 0 bridgehead atoms. The Morgan fingerprint density at radius 3 is 2.66 bits per heavy atom. The number of amides is 2. The molecule has 2 N–H and O–H groups in total. The summed E-state index contributed by atoms with van der Waals surface area (Å²) in [5.74, 6) is -1.99. The molecule has 9 nitrogen and oxygen atoms in total. The second kappa shape index (κ2) is 12.9. The number of thioether (sulfide) groups is 1. The smallest absolute Gasteiger partial charge is 0.341 e. The van der Waals surface area contributed by atoms with Gasteiger partial charge in [0.1, 0.15) is 5.00 Å². The first-order valence-electron chi connectivity index (χ1n) is 13.5. The second-order valence-corrected chi connectivity index (χ2v) is 12.1. The Hall–Kier alpha value is -3.67. The van der Waals surface area contributed by atoms with Crippen LogP contribution in [0.5, 0.6) is 0 Å². The van der Waals surface area contributed by atoms with Crippen LogP contribution < -0.4 is 10.6 Å². The number of ether oxygens (including phenoxy) is 2. The molecule has 2 aromatic carbocycles. The molecule has 0 unspecified atom stereocenters. The van der Waals surface area contributed by atoms with Gasteiger partial charge in [-0.1, -0.05) is 42.5 Å². The minimum Gasteiger partial charge on any atom is -0.462 e. The summed E-state index contributed by atoms with van der Waals surface area (Å²) in [6, 6.07) is 17.5. The fourth-order valence-corrected chi connectivity index (χ4v) is 7.21. The van der Waals surface area contributed by atoms with E-state index < -0.39 is 29.2 Å². The topological polar surface area (TPSA) is 114 Å². The largest absolute Gasteiger partial charge is 0.462 e. The molecule has 3 aromatic rings. The van der Waals surface area contributed by atoms with Crippen molar-refractivity contribution in [2.24, 2.45) is 0 Å². The van der Waals surface area contributed by atoms with Crippen molar-refractivity contribution in [3.05, 3.63) is 76.2 Å². The maximum Gasteiger partial charge on any atom is 0.341 e. The van der Waals surface area contributed by atoms with Crippen molar-refractivity contribution in [2.45, 2.75) is 56.0 Å². The summed E-state index contributed by atoms with van der Waals surface area (Å²) in [4.78, 5) is 55.3. The summed E-state index contributed by atoms with van der Waals surface area (Å²) in [5, 5.41) is 5.33. The molecule has 2 amide bonds. The third kappa shape index (κ3) is 6.80. The Kier molecular flexibility index (Phi) is 9.06. The minimum atomic E-state index is -1.13. The van der Waals surface area contributed by atoms with Gasteiger partial charge in [-0.2, -0.15) is 0 Å². The van der Waals surface area contributed by atoms with Crippen LogP contribution in [-0.2, 0) is 43.4 Å². The molecule has 0 spiro atoms. The highest BCUT2D eigenvalue weighted by Gasteiger charge is 2.33. The maximum absolute atomic E-state index is 13.1. The number of nitrogens with zero attached hydrogens (tertiary/aromatic N) is 1. The summed E-state index contributed by atoms with van der Waals surface area (Å²) in [6.07, 6.45) is -0.659. The van der Waals surface area contributed by atoms with E-state index in [9.17, 15) is 19.2 Å². The Bertz CT molecular complexity index is 1460. The second-order valence-electron chi connectivity index (χ2n) is 9.79. The molecule has 2 atom stereocenters. The van der Waals surface area contributed by atoms with Crippen LogP contribution in [0.1, 0.15) is 46.6 Å². The average Bonchev–Trinajstić information content (AvgIpc) is 3.31. The van der Waals surface area contributed by atoms with E-state index in [4.69, 9.17) is 9.47 Å². The number of nitrogens with one attached hydrogen (secondary N) is 2. The first-order valence-corrected chi connectivity index (χ1v) is 15.2. The molecule has 0 saturated carbocycles. The number of rotatable bonds is 9. The number of benzene rings is 2. The van der Waals surface area contributed by atoms with Crippen LogP contribution in [0.25, 0.3) is 0 Å². The van der Waals surface area contributed by atoms with Crippen molar-refractivity contribution in [3.8, 4) is 0 Å². The molecule has 214 valence electrons. The lowest BCUT2D eigenvalue weighted by Gasteiger charge is -2.27. The molecule has 0 aliphatic carbocycles. The average molecular weight is 594 g/mol. The highest BCUT2D eigenvalue weighted by molar-refractivity contribution is 8.01. The van der Waals surface area contributed by atoms with E-state index in [-0.39, 0.29) is 18.9 Å². The van der Waals surface area contributed by atoms with E-state index in [1.54, 1.807) is 13.0 Å². The molecule has 0 radical (unpaired) electrons. The number of thiophene rings is 1. The first kappa shape index (κ1) is 28.8. The van der Waals surface area contributed by atoms with Crippen molar-refractivity contribution in [1.82, 2.24) is 4.90 Å². The number of esters is 2. The van der Waals surface area contributed by atoms with Crippen molar-refractivity contribution >= 4 is 57.5 Å². The normalized spacial score (nSPS) is 17.0. The first-order chi connectivity index (χ1) is 19.8. The van der Waals surface area contributed by atoms with Crippen LogP contribution in [0.15, 0.2) is 59.5 Å². The number of carbonyl (C=O) groups is 4. The van der Waals surface area contributed by atoms with Crippen LogP contribution >= 0.6 is 23.1 Å². The Morgan fingerprint density at radius 1 is 1.12 bits per heavy atom. The van der Waals surface area contributed by atoms with Crippen LogP contribution in [0.4, 0.5) is 10.7 Å². The quantitative estimate of drug-likeness (QED) is 0.339. The summed E-state index contributed by atoms with van der Waals surface area (Å²) in [5.41, 5.74) is 3.17. The molecule has 0 saturated heterocycles. The van der Waals surface area contributed by atoms with Gasteiger partial charge in [0, 0.05) is 29.4 Å². The fraction of sp³-hybridized carbons (Fsp3) is 0.333. The molecule has 3 heterocycles. The van der Waals surface area contributed by atoms with Gasteiger partial charge in [-0.3, -0.25) is 19.3 Å². The molecule has 5 rings (SSSR count). The summed E-state index contributed by atoms with van der Waals surface area (Å²) in [7, 11) is 0. The molecular weight excluding hydrogens is 562 g/mol. The highest BCUT2D eigenvalue weighted by atomic mass is 32.2. The zero-order valence-electron chi connectivity index (χ0n) is 22.8. The van der Waals surface area contributed by atoms with Gasteiger partial charge in [0.05, 0.1) is 29.5 Å². The molecule has 0 fully saturated rings. The van der Waals surface area contributed by atoms with Gasteiger partial charge in [-0.05, 0) is 43.5 Å². The summed E-state index contributed by atoms with van der Waals surface area (Å²) < 4.78 is 10.7. The SMILES string of the molecule is CCOC(=O)c1c(NC(=O)[C@H](C)OC(=O)C[C@H]2Sc3ccccc3NC2=O)sc2c1CCN(Cc1ccccc1)C2. The van der Waals surface area contributed by atoms with Crippen LogP contribution in [0, 0.1) is 0 Å². The molecule has 11 heteroatoms. The number of fused-ring (bicyclic) bond motifs is 2. The fourth-order valence-electron chi connectivity index (χ4n) is 4.83. The third-order valence-electron chi connectivity index (χ3n) is 6.84. The van der Waals surface area contributed by atoms with E-state index >= 15 is 0 Å².